The van der Waals surface area contributed by atoms with Crippen molar-refractivity contribution in [1.82, 2.24) is 10.6 Å². The SMILES string of the molecule is NCCCNC(=O)C(CCCN)NCCCN. The fourth-order valence-corrected chi connectivity index (χ4v) is 1.46. The van der Waals surface area contributed by atoms with E-state index in [-0.39, 0.29) is 11.9 Å². The lowest BCUT2D eigenvalue weighted by Crippen LogP contribution is -2.45. The largest absolute Gasteiger partial charge is 0.355 e. The Hall–Kier alpha value is -0.690. The average molecular weight is 245 g/mol. The number of hydrogen-bond acceptors (Lipinski definition) is 5. The topological polar surface area (TPSA) is 119 Å². The molecule has 8 N–H and O–H groups in total. The van der Waals surface area contributed by atoms with Crippen LogP contribution < -0.4 is 27.8 Å². The Bertz CT molecular complexity index is 189. The molecule has 0 bridgehead atoms. The van der Waals surface area contributed by atoms with Gasteiger partial charge in [0.1, 0.15) is 0 Å². The number of nitrogens with one attached hydrogen (secondary N) is 2. The van der Waals surface area contributed by atoms with Gasteiger partial charge >= 0.3 is 0 Å². The lowest BCUT2D eigenvalue weighted by molar-refractivity contribution is -0.123. The molecule has 0 aliphatic carbocycles. The molecule has 0 saturated heterocycles. The van der Waals surface area contributed by atoms with E-state index >= 15 is 0 Å². The number of nitrogens with two attached hydrogens (primary N) is 3. The van der Waals surface area contributed by atoms with Crippen molar-refractivity contribution in [2.75, 3.05) is 32.7 Å². The quantitative estimate of drug-likeness (QED) is 0.284. The number of rotatable bonds is 11. The second-order valence-corrected chi connectivity index (χ2v) is 4.01. The molecule has 102 valence electrons. The third-order valence-corrected chi connectivity index (χ3v) is 2.47. The highest BCUT2D eigenvalue weighted by Gasteiger charge is 2.16. The standard InChI is InChI=1S/C11H27N5O/c12-5-1-4-10(15-8-2-6-13)11(17)16-9-3-7-14/h10,15H,1-9,12-14H2,(H,16,17). The van der Waals surface area contributed by atoms with Crippen molar-refractivity contribution in [2.24, 2.45) is 17.2 Å². The Balaban J connectivity index is 3.91. The molecule has 0 aliphatic rings. The summed E-state index contributed by atoms with van der Waals surface area (Å²) in [5.74, 6) is 0.0314. The molecule has 0 radical (unpaired) electrons. The van der Waals surface area contributed by atoms with Gasteiger partial charge in [-0.2, -0.15) is 0 Å². The van der Waals surface area contributed by atoms with E-state index in [2.05, 4.69) is 10.6 Å². The first kappa shape index (κ1) is 16.3. The van der Waals surface area contributed by atoms with Gasteiger partial charge in [0.05, 0.1) is 6.04 Å². The molecule has 0 aromatic rings. The lowest BCUT2D eigenvalue weighted by atomic mass is 10.1. The van der Waals surface area contributed by atoms with Gasteiger partial charge in [-0.1, -0.05) is 0 Å². The second kappa shape index (κ2) is 11.8. The first-order valence-electron chi connectivity index (χ1n) is 6.37. The molecule has 0 spiro atoms. The van der Waals surface area contributed by atoms with Gasteiger partial charge in [-0.25, -0.2) is 0 Å². The molecule has 0 fully saturated rings. The Morgan fingerprint density at radius 1 is 0.941 bits per heavy atom. The predicted octanol–water partition coefficient (Wildman–Crippen LogP) is -1.50. The van der Waals surface area contributed by atoms with E-state index in [0.717, 1.165) is 32.2 Å². The number of carbonyl (C=O) groups is 1. The van der Waals surface area contributed by atoms with Crippen LogP contribution in [0.2, 0.25) is 0 Å². The van der Waals surface area contributed by atoms with E-state index in [1.54, 1.807) is 0 Å². The first-order chi connectivity index (χ1) is 8.26. The molecule has 0 heterocycles. The van der Waals surface area contributed by atoms with Gasteiger partial charge in [0, 0.05) is 6.54 Å². The van der Waals surface area contributed by atoms with E-state index in [9.17, 15) is 4.79 Å². The molecule has 1 unspecified atom stereocenters. The van der Waals surface area contributed by atoms with Gasteiger partial charge in [-0.15, -0.1) is 0 Å². The van der Waals surface area contributed by atoms with Gasteiger partial charge in [0.15, 0.2) is 0 Å². The van der Waals surface area contributed by atoms with Crippen molar-refractivity contribution in [1.29, 1.82) is 0 Å². The summed E-state index contributed by atoms with van der Waals surface area (Å²) >= 11 is 0. The van der Waals surface area contributed by atoms with Crippen LogP contribution in [-0.2, 0) is 4.79 Å². The van der Waals surface area contributed by atoms with Gasteiger partial charge < -0.3 is 27.8 Å². The minimum absolute atomic E-state index is 0.0314. The molecule has 0 aromatic heterocycles. The fourth-order valence-electron chi connectivity index (χ4n) is 1.46. The molecule has 0 aliphatic heterocycles. The summed E-state index contributed by atoms with van der Waals surface area (Å²) < 4.78 is 0. The van der Waals surface area contributed by atoms with Crippen molar-refractivity contribution >= 4 is 5.91 Å². The summed E-state index contributed by atoms with van der Waals surface area (Å²) in [4.78, 5) is 11.8. The zero-order valence-corrected chi connectivity index (χ0v) is 10.6. The van der Waals surface area contributed by atoms with E-state index in [4.69, 9.17) is 17.2 Å². The smallest absolute Gasteiger partial charge is 0.237 e. The van der Waals surface area contributed by atoms with Crippen molar-refractivity contribution in [3.05, 3.63) is 0 Å². The molecule has 0 aromatic carbocycles. The van der Waals surface area contributed by atoms with Crippen molar-refractivity contribution in [2.45, 2.75) is 31.7 Å². The van der Waals surface area contributed by atoms with Crippen LogP contribution in [0.1, 0.15) is 25.7 Å². The Labute approximate surface area is 104 Å². The highest BCUT2D eigenvalue weighted by atomic mass is 16.2. The maximum absolute atomic E-state index is 11.8. The minimum atomic E-state index is -0.164. The van der Waals surface area contributed by atoms with Crippen LogP contribution in [0.3, 0.4) is 0 Å². The van der Waals surface area contributed by atoms with Gasteiger partial charge in [-0.05, 0) is 51.9 Å². The highest BCUT2D eigenvalue weighted by Crippen LogP contribution is 1.97. The predicted molar refractivity (Wildman–Crippen MR) is 70.4 cm³/mol. The molecule has 0 rings (SSSR count). The van der Waals surface area contributed by atoms with Crippen LogP contribution in [0.4, 0.5) is 0 Å². The lowest BCUT2D eigenvalue weighted by Gasteiger charge is -2.18. The van der Waals surface area contributed by atoms with Gasteiger partial charge in [0.2, 0.25) is 5.91 Å². The zero-order valence-electron chi connectivity index (χ0n) is 10.6. The highest BCUT2D eigenvalue weighted by molar-refractivity contribution is 5.81. The molecule has 6 heteroatoms. The number of hydrogen-bond donors (Lipinski definition) is 5. The average Bonchev–Trinajstić information content (AvgIpc) is 2.33. The third-order valence-electron chi connectivity index (χ3n) is 2.47. The Morgan fingerprint density at radius 3 is 2.12 bits per heavy atom. The van der Waals surface area contributed by atoms with E-state index in [0.29, 0.717) is 26.2 Å². The summed E-state index contributed by atoms with van der Waals surface area (Å²) in [5.41, 5.74) is 16.2. The van der Waals surface area contributed by atoms with E-state index < -0.39 is 0 Å². The van der Waals surface area contributed by atoms with E-state index in [1.165, 1.54) is 0 Å². The molecular weight excluding hydrogens is 218 g/mol. The van der Waals surface area contributed by atoms with Crippen molar-refractivity contribution in [3.63, 3.8) is 0 Å². The first-order valence-corrected chi connectivity index (χ1v) is 6.37. The third kappa shape index (κ3) is 9.05. The van der Waals surface area contributed by atoms with Crippen molar-refractivity contribution in [3.8, 4) is 0 Å². The fraction of sp³-hybridized carbons (Fsp3) is 0.909. The van der Waals surface area contributed by atoms with Crippen LogP contribution in [0.15, 0.2) is 0 Å². The number of carbonyl (C=O) groups excluding carboxylic acids is 1. The van der Waals surface area contributed by atoms with Crippen LogP contribution >= 0.6 is 0 Å². The molecule has 0 saturated carbocycles. The molecule has 6 nitrogen and oxygen atoms in total. The molecule has 17 heavy (non-hydrogen) atoms. The summed E-state index contributed by atoms with van der Waals surface area (Å²) in [7, 11) is 0. The summed E-state index contributed by atoms with van der Waals surface area (Å²) in [6.45, 7) is 3.22. The van der Waals surface area contributed by atoms with Gasteiger partial charge in [-0.3, -0.25) is 4.79 Å². The Morgan fingerprint density at radius 2 is 1.53 bits per heavy atom. The minimum Gasteiger partial charge on any atom is -0.355 e. The maximum atomic E-state index is 11.8. The number of amides is 1. The normalized spacial score (nSPS) is 12.4. The summed E-state index contributed by atoms with van der Waals surface area (Å²) in [6.07, 6.45) is 3.27. The van der Waals surface area contributed by atoms with Crippen LogP contribution in [0.5, 0.6) is 0 Å². The molecular formula is C11H27N5O. The van der Waals surface area contributed by atoms with E-state index in [1.807, 2.05) is 0 Å². The monoisotopic (exact) mass is 245 g/mol. The van der Waals surface area contributed by atoms with Gasteiger partial charge in [0.25, 0.3) is 0 Å². The Kier molecular flexibility index (Phi) is 11.3. The molecule has 1 atom stereocenters. The van der Waals surface area contributed by atoms with Crippen LogP contribution in [0, 0.1) is 0 Å². The van der Waals surface area contributed by atoms with Crippen LogP contribution in [0.25, 0.3) is 0 Å². The molecule has 1 amide bonds. The van der Waals surface area contributed by atoms with Crippen LogP contribution in [-0.4, -0.2) is 44.7 Å². The summed E-state index contributed by atoms with van der Waals surface area (Å²) in [6, 6.07) is -0.164. The zero-order chi connectivity index (χ0) is 12.9. The van der Waals surface area contributed by atoms with Crippen molar-refractivity contribution < 1.29 is 4.79 Å². The second-order valence-electron chi connectivity index (χ2n) is 4.01. The maximum Gasteiger partial charge on any atom is 0.237 e. The summed E-state index contributed by atoms with van der Waals surface area (Å²) in [5, 5.41) is 6.07.